The minimum absolute atomic E-state index is 0.162. The standard InChI is InChI=1S/C13H25BrO/c1-3-5-6-7-8-9-10-11-12-13(14)15-4-2/h4,13H,2-3,5-12H2,1H3. The maximum absolute atomic E-state index is 5.18. The number of alkyl halides is 1. The van der Waals surface area contributed by atoms with E-state index in [9.17, 15) is 0 Å². The molecule has 0 radical (unpaired) electrons. The highest BCUT2D eigenvalue weighted by Crippen LogP contribution is 2.14. The average Bonchev–Trinajstić information content (AvgIpc) is 2.22. The predicted molar refractivity (Wildman–Crippen MR) is 71.2 cm³/mol. The van der Waals surface area contributed by atoms with E-state index in [0.717, 1.165) is 6.42 Å². The largest absolute Gasteiger partial charge is 0.487 e. The zero-order valence-electron chi connectivity index (χ0n) is 10.0. The lowest BCUT2D eigenvalue weighted by Crippen LogP contribution is -1.98. The van der Waals surface area contributed by atoms with Gasteiger partial charge >= 0.3 is 0 Å². The highest BCUT2D eigenvalue weighted by atomic mass is 79.9. The minimum Gasteiger partial charge on any atom is -0.487 e. The van der Waals surface area contributed by atoms with Crippen LogP contribution in [0.3, 0.4) is 0 Å². The molecule has 0 saturated carbocycles. The van der Waals surface area contributed by atoms with Crippen molar-refractivity contribution in [2.24, 2.45) is 0 Å². The fourth-order valence-corrected chi connectivity index (χ4v) is 2.09. The first-order valence-electron chi connectivity index (χ1n) is 6.21. The Bertz CT molecular complexity index is 136. The van der Waals surface area contributed by atoms with Crippen molar-refractivity contribution >= 4 is 15.9 Å². The molecule has 0 N–H and O–H groups in total. The lowest BCUT2D eigenvalue weighted by molar-refractivity contribution is 0.216. The van der Waals surface area contributed by atoms with Crippen LogP contribution in [-0.2, 0) is 4.74 Å². The Labute approximate surface area is 103 Å². The Morgan fingerprint density at radius 1 is 1.07 bits per heavy atom. The molecule has 0 bridgehead atoms. The SMILES string of the molecule is C=COC(Br)CCCCCCCCCC. The van der Waals surface area contributed by atoms with Gasteiger partial charge in [-0.2, -0.15) is 0 Å². The van der Waals surface area contributed by atoms with Crippen LogP contribution in [0.1, 0.15) is 64.7 Å². The molecule has 0 fully saturated rings. The third-order valence-electron chi connectivity index (χ3n) is 2.53. The summed E-state index contributed by atoms with van der Waals surface area (Å²) in [7, 11) is 0. The van der Waals surface area contributed by atoms with Crippen LogP contribution in [0.25, 0.3) is 0 Å². The summed E-state index contributed by atoms with van der Waals surface area (Å²) in [5, 5.41) is 0.162. The third kappa shape index (κ3) is 11.9. The number of unbranched alkanes of at least 4 members (excludes halogenated alkanes) is 7. The van der Waals surface area contributed by atoms with Crippen LogP contribution in [-0.4, -0.2) is 5.01 Å². The number of rotatable bonds is 11. The van der Waals surface area contributed by atoms with Crippen molar-refractivity contribution in [3.63, 3.8) is 0 Å². The maximum Gasteiger partial charge on any atom is 0.152 e. The zero-order chi connectivity index (χ0) is 11.4. The van der Waals surface area contributed by atoms with Crippen molar-refractivity contribution in [3.05, 3.63) is 12.8 Å². The molecule has 0 aromatic heterocycles. The first kappa shape index (κ1) is 15.0. The van der Waals surface area contributed by atoms with E-state index in [1.165, 1.54) is 57.6 Å². The van der Waals surface area contributed by atoms with Crippen molar-refractivity contribution < 1.29 is 4.74 Å². The van der Waals surface area contributed by atoms with Gasteiger partial charge in [-0.05, 0) is 28.8 Å². The van der Waals surface area contributed by atoms with E-state index in [4.69, 9.17) is 4.74 Å². The van der Waals surface area contributed by atoms with Gasteiger partial charge in [-0.25, -0.2) is 0 Å². The summed E-state index contributed by atoms with van der Waals surface area (Å²) in [6, 6.07) is 0. The van der Waals surface area contributed by atoms with Gasteiger partial charge in [0.05, 0.1) is 6.26 Å². The van der Waals surface area contributed by atoms with Gasteiger partial charge in [0.1, 0.15) is 0 Å². The Morgan fingerprint density at radius 2 is 1.60 bits per heavy atom. The summed E-state index contributed by atoms with van der Waals surface area (Å²) in [5.74, 6) is 0. The fourth-order valence-electron chi connectivity index (χ4n) is 1.61. The summed E-state index contributed by atoms with van der Waals surface area (Å²) in [5.41, 5.74) is 0. The van der Waals surface area contributed by atoms with Crippen LogP contribution in [0.4, 0.5) is 0 Å². The van der Waals surface area contributed by atoms with Crippen LogP contribution < -0.4 is 0 Å². The van der Waals surface area contributed by atoms with Crippen LogP contribution in [0.5, 0.6) is 0 Å². The molecule has 0 aliphatic rings. The third-order valence-corrected chi connectivity index (χ3v) is 3.20. The Morgan fingerprint density at radius 3 is 2.13 bits per heavy atom. The highest BCUT2D eigenvalue weighted by Gasteiger charge is 2.01. The molecule has 15 heavy (non-hydrogen) atoms. The molecule has 90 valence electrons. The van der Waals surface area contributed by atoms with E-state index in [-0.39, 0.29) is 5.01 Å². The first-order valence-corrected chi connectivity index (χ1v) is 7.13. The first-order chi connectivity index (χ1) is 7.31. The quantitative estimate of drug-likeness (QED) is 0.279. The topological polar surface area (TPSA) is 9.23 Å². The zero-order valence-corrected chi connectivity index (χ0v) is 11.6. The van der Waals surface area contributed by atoms with E-state index >= 15 is 0 Å². The van der Waals surface area contributed by atoms with Gasteiger partial charge in [-0.15, -0.1) is 0 Å². The van der Waals surface area contributed by atoms with Crippen molar-refractivity contribution in [1.29, 1.82) is 0 Å². The van der Waals surface area contributed by atoms with E-state index in [1.807, 2.05) is 0 Å². The second-order valence-electron chi connectivity index (χ2n) is 3.98. The molecule has 0 aromatic carbocycles. The highest BCUT2D eigenvalue weighted by molar-refractivity contribution is 9.09. The van der Waals surface area contributed by atoms with E-state index in [2.05, 4.69) is 29.4 Å². The molecule has 1 nitrogen and oxygen atoms in total. The minimum atomic E-state index is 0.162. The Kier molecular flexibility index (Phi) is 12.1. The van der Waals surface area contributed by atoms with Crippen LogP contribution in [0.2, 0.25) is 0 Å². The Hall–Kier alpha value is 0.0200. The predicted octanol–water partition coefficient (Wildman–Crippen LogP) is 5.40. The molecule has 0 amide bonds. The summed E-state index contributed by atoms with van der Waals surface area (Å²) < 4.78 is 5.18. The molecule has 0 saturated heterocycles. The van der Waals surface area contributed by atoms with Gasteiger partial charge in [-0.1, -0.05) is 58.4 Å². The van der Waals surface area contributed by atoms with Crippen molar-refractivity contribution in [2.45, 2.75) is 69.7 Å². The number of hydrogen-bond acceptors (Lipinski definition) is 1. The van der Waals surface area contributed by atoms with Gasteiger partial charge in [-0.3, -0.25) is 0 Å². The van der Waals surface area contributed by atoms with Gasteiger partial charge in [0.2, 0.25) is 0 Å². The number of ether oxygens (including phenoxy) is 1. The normalized spacial score (nSPS) is 12.4. The average molecular weight is 277 g/mol. The molecular formula is C13H25BrO. The van der Waals surface area contributed by atoms with Crippen LogP contribution >= 0.6 is 15.9 Å². The van der Waals surface area contributed by atoms with Gasteiger partial charge in [0.15, 0.2) is 5.01 Å². The van der Waals surface area contributed by atoms with E-state index in [1.54, 1.807) is 0 Å². The van der Waals surface area contributed by atoms with Crippen LogP contribution in [0.15, 0.2) is 12.8 Å². The summed E-state index contributed by atoms with van der Waals surface area (Å²) in [4.78, 5) is 0. The number of halogens is 1. The van der Waals surface area contributed by atoms with Crippen molar-refractivity contribution in [2.75, 3.05) is 0 Å². The molecule has 1 atom stereocenters. The molecule has 0 aliphatic heterocycles. The lowest BCUT2D eigenvalue weighted by atomic mass is 10.1. The molecule has 0 rings (SSSR count). The molecule has 1 unspecified atom stereocenters. The van der Waals surface area contributed by atoms with Gasteiger partial charge < -0.3 is 4.74 Å². The van der Waals surface area contributed by atoms with Gasteiger partial charge in [0, 0.05) is 0 Å². The van der Waals surface area contributed by atoms with Crippen molar-refractivity contribution in [1.82, 2.24) is 0 Å². The van der Waals surface area contributed by atoms with Crippen LogP contribution in [0, 0.1) is 0 Å². The summed E-state index contributed by atoms with van der Waals surface area (Å²) in [6.07, 6.45) is 13.5. The Balaban J connectivity index is 3.01. The second kappa shape index (κ2) is 12.1. The van der Waals surface area contributed by atoms with E-state index < -0.39 is 0 Å². The molecule has 0 heterocycles. The number of hydrogen-bond donors (Lipinski definition) is 0. The molecule has 2 heteroatoms. The molecule has 0 aromatic rings. The molecule has 0 spiro atoms. The lowest BCUT2D eigenvalue weighted by Gasteiger charge is -2.08. The van der Waals surface area contributed by atoms with Crippen molar-refractivity contribution in [3.8, 4) is 0 Å². The maximum atomic E-state index is 5.18. The van der Waals surface area contributed by atoms with E-state index in [0.29, 0.717) is 0 Å². The summed E-state index contributed by atoms with van der Waals surface area (Å²) >= 11 is 3.45. The smallest absolute Gasteiger partial charge is 0.152 e. The molecule has 0 aliphatic carbocycles. The summed E-state index contributed by atoms with van der Waals surface area (Å²) in [6.45, 7) is 5.79. The second-order valence-corrected chi connectivity index (χ2v) is 5.00. The van der Waals surface area contributed by atoms with Gasteiger partial charge in [0.25, 0.3) is 0 Å². The molecular weight excluding hydrogens is 252 g/mol. The fraction of sp³-hybridized carbons (Fsp3) is 0.846. The monoisotopic (exact) mass is 276 g/mol.